The predicted molar refractivity (Wildman–Crippen MR) is 70.3 cm³/mol. The number of rotatable bonds is 3. The largest absolute Gasteiger partial charge is 0.467 e. The summed E-state index contributed by atoms with van der Waals surface area (Å²) in [4.78, 5) is 11.8. The molecule has 6 nitrogen and oxygen atoms in total. The van der Waals surface area contributed by atoms with E-state index in [0.717, 1.165) is 11.3 Å². The van der Waals surface area contributed by atoms with Crippen molar-refractivity contribution in [2.45, 2.75) is 6.92 Å². The van der Waals surface area contributed by atoms with Gasteiger partial charge in [0.2, 0.25) is 11.9 Å². The molecule has 0 aliphatic rings. The van der Waals surface area contributed by atoms with Crippen molar-refractivity contribution in [2.24, 2.45) is 0 Å². The van der Waals surface area contributed by atoms with Gasteiger partial charge in [0, 0.05) is 10.7 Å². The molecule has 1 heterocycles. The van der Waals surface area contributed by atoms with Gasteiger partial charge in [0.1, 0.15) is 0 Å². The van der Waals surface area contributed by atoms with Gasteiger partial charge in [0.05, 0.1) is 7.11 Å². The number of nitrogens with two attached hydrogens (primary N) is 1. The third kappa shape index (κ3) is 2.78. The number of benzene rings is 1. The van der Waals surface area contributed by atoms with Crippen LogP contribution >= 0.6 is 11.6 Å². The standard InChI is InChI=1S/C11H12ClN5O/c1-6-3-4-7(12)5-8(6)14-10-15-9(13)16-11(17-10)18-2/h3-5H,1-2H3,(H3,13,14,15,16,17). The van der Waals surface area contributed by atoms with E-state index in [1.54, 1.807) is 6.07 Å². The number of methoxy groups -OCH3 is 1. The topological polar surface area (TPSA) is 86.0 Å². The van der Waals surface area contributed by atoms with Crippen LogP contribution in [0.2, 0.25) is 5.02 Å². The lowest BCUT2D eigenvalue weighted by Crippen LogP contribution is -2.05. The maximum atomic E-state index is 5.93. The second-order valence-corrected chi connectivity index (χ2v) is 4.02. The molecule has 1 aromatic heterocycles. The van der Waals surface area contributed by atoms with Gasteiger partial charge in [-0.3, -0.25) is 0 Å². The zero-order chi connectivity index (χ0) is 13.1. The highest BCUT2D eigenvalue weighted by atomic mass is 35.5. The van der Waals surface area contributed by atoms with E-state index in [9.17, 15) is 0 Å². The van der Waals surface area contributed by atoms with Crippen LogP contribution in [-0.4, -0.2) is 22.1 Å². The minimum atomic E-state index is 0.0871. The maximum Gasteiger partial charge on any atom is 0.322 e. The predicted octanol–water partition coefficient (Wildman–Crippen LogP) is 2.17. The molecule has 1 aromatic carbocycles. The highest BCUT2D eigenvalue weighted by molar-refractivity contribution is 6.30. The van der Waals surface area contributed by atoms with E-state index < -0.39 is 0 Å². The molecule has 0 spiro atoms. The first-order valence-corrected chi connectivity index (χ1v) is 5.55. The van der Waals surface area contributed by atoms with Gasteiger partial charge in [-0.15, -0.1) is 0 Å². The zero-order valence-corrected chi connectivity index (χ0v) is 10.7. The Labute approximate surface area is 109 Å². The fourth-order valence-corrected chi connectivity index (χ4v) is 1.54. The van der Waals surface area contributed by atoms with Crippen LogP contribution < -0.4 is 15.8 Å². The van der Waals surface area contributed by atoms with Crippen molar-refractivity contribution >= 4 is 29.2 Å². The molecule has 0 atom stereocenters. The number of aryl methyl sites for hydroxylation is 1. The highest BCUT2D eigenvalue weighted by Gasteiger charge is 2.06. The van der Waals surface area contributed by atoms with Gasteiger partial charge >= 0.3 is 6.01 Å². The average molecular weight is 266 g/mol. The lowest BCUT2D eigenvalue weighted by molar-refractivity contribution is 0.380. The lowest BCUT2D eigenvalue weighted by atomic mass is 10.2. The van der Waals surface area contributed by atoms with Crippen LogP contribution in [-0.2, 0) is 0 Å². The molecule has 94 valence electrons. The average Bonchev–Trinajstić information content (AvgIpc) is 2.33. The summed E-state index contributed by atoms with van der Waals surface area (Å²) < 4.78 is 4.92. The van der Waals surface area contributed by atoms with Crippen molar-refractivity contribution in [3.63, 3.8) is 0 Å². The van der Waals surface area contributed by atoms with E-state index in [1.807, 2.05) is 19.1 Å². The highest BCUT2D eigenvalue weighted by Crippen LogP contribution is 2.23. The fraction of sp³-hybridized carbons (Fsp3) is 0.182. The Morgan fingerprint density at radius 2 is 2.06 bits per heavy atom. The van der Waals surface area contributed by atoms with Crippen molar-refractivity contribution in [3.05, 3.63) is 28.8 Å². The van der Waals surface area contributed by atoms with Crippen molar-refractivity contribution in [2.75, 3.05) is 18.2 Å². The third-order valence-electron chi connectivity index (χ3n) is 2.26. The Bertz CT molecular complexity index is 575. The monoisotopic (exact) mass is 265 g/mol. The number of halogens is 1. The molecule has 2 aromatic rings. The number of aromatic nitrogens is 3. The van der Waals surface area contributed by atoms with Crippen molar-refractivity contribution in [1.82, 2.24) is 15.0 Å². The number of anilines is 3. The lowest BCUT2D eigenvalue weighted by Gasteiger charge is -2.09. The summed E-state index contributed by atoms with van der Waals surface area (Å²) in [5.74, 6) is 0.397. The number of hydrogen-bond donors (Lipinski definition) is 2. The van der Waals surface area contributed by atoms with Crippen LogP contribution in [0.1, 0.15) is 5.56 Å². The summed E-state index contributed by atoms with van der Waals surface area (Å²) in [6.07, 6.45) is 0. The molecule has 0 radical (unpaired) electrons. The van der Waals surface area contributed by atoms with E-state index >= 15 is 0 Å². The number of nitrogens with one attached hydrogen (secondary N) is 1. The number of nitrogen functional groups attached to an aromatic ring is 1. The molecule has 3 N–H and O–H groups in total. The summed E-state index contributed by atoms with van der Waals surface area (Å²) in [5, 5.41) is 3.64. The first kappa shape index (κ1) is 12.4. The Morgan fingerprint density at radius 3 is 2.78 bits per heavy atom. The normalized spacial score (nSPS) is 10.2. The Balaban J connectivity index is 2.33. The quantitative estimate of drug-likeness (QED) is 0.885. The van der Waals surface area contributed by atoms with E-state index in [2.05, 4.69) is 20.3 Å². The number of nitrogens with zero attached hydrogens (tertiary/aromatic N) is 3. The summed E-state index contributed by atoms with van der Waals surface area (Å²) >= 11 is 5.93. The Hall–Kier alpha value is -2.08. The first-order valence-electron chi connectivity index (χ1n) is 5.17. The summed E-state index contributed by atoms with van der Waals surface area (Å²) in [5.41, 5.74) is 7.36. The minimum absolute atomic E-state index is 0.0871. The van der Waals surface area contributed by atoms with Crippen molar-refractivity contribution in [3.8, 4) is 6.01 Å². The van der Waals surface area contributed by atoms with E-state index in [0.29, 0.717) is 11.0 Å². The summed E-state index contributed by atoms with van der Waals surface area (Å²) in [6, 6.07) is 5.64. The molecule has 2 rings (SSSR count). The smallest absolute Gasteiger partial charge is 0.322 e. The van der Waals surface area contributed by atoms with E-state index in [1.165, 1.54) is 7.11 Å². The van der Waals surface area contributed by atoms with Gasteiger partial charge in [-0.25, -0.2) is 0 Å². The van der Waals surface area contributed by atoms with Gasteiger partial charge in [-0.2, -0.15) is 15.0 Å². The molecule has 0 fully saturated rings. The molecule has 0 saturated carbocycles. The Kier molecular flexibility index (Phi) is 3.47. The Morgan fingerprint density at radius 1 is 1.28 bits per heavy atom. The van der Waals surface area contributed by atoms with Crippen LogP contribution in [0.15, 0.2) is 18.2 Å². The molecular weight excluding hydrogens is 254 g/mol. The molecule has 0 unspecified atom stereocenters. The molecule has 0 aliphatic heterocycles. The van der Waals surface area contributed by atoms with Crippen LogP contribution in [0, 0.1) is 6.92 Å². The summed E-state index contributed by atoms with van der Waals surface area (Å²) in [6.45, 7) is 1.94. The molecule has 0 amide bonds. The SMILES string of the molecule is COc1nc(N)nc(Nc2cc(Cl)ccc2C)n1. The maximum absolute atomic E-state index is 5.93. The van der Waals surface area contributed by atoms with E-state index in [-0.39, 0.29) is 12.0 Å². The van der Waals surface area contributed by atoms with Gasteiger partial charge in [-0.1, -0.05) is 17.7 Å². The van der Waals surface area contributed by atoms with Crippen molar-refractivity contribution < 1.29 is 4.74 Å². The molecule has 7 heteroatoms. The molecule has 18 heavy (non-hydrogen) atoms. The molecule has 0 bridgehead atoms. The third-order valence-corrected chi connectivity index (χ3v) is 2.50. The second kappa shape index (κ2) is 5.05. The fourth-order valence-electron chi connectivity index (χ4n) is 1.37. The van der Waals surface area contributed by atoms with Crippen molar-refractivity contribution in [1.29, 1.82) is 0 Å². The van der Waals surface area contributed by atoms with E-state index in [4.69, 9.17) is 22.1 Å². The van der Waals surface area contributed by atoms with Gasteiger partial charge in [0.15, 0.2) is 0 Å². The molecule has 0 aliphatic carbocycles. The minimum Gasteiger partial charge on any atom is -0.467 e. The van der Waals surface area contributed by atoms with Gasteiger partial charge in [-0.05, 0) is 24.6 Å². The zero-order valence-electron chi connectivity index (χ0n) is 9.94. The first-order chi connectivity index (χ1) is 8.58. The van der Waals surface area contributed by atoms with Gasteiger partial charge in [0.25, 0.3) is 0 Å². The second-order valence-electron chi connectivity index (χ2n) is 3.59. The molecule has 0 saturated heterocycles. The number of hydrogen-bond acceptors (Lipinski definition) is 6. The van der Waals surface area contributed by atoms with Crippen LogP contribution in [0.3, 0.4) is 0 Å². The van der Waals surface area contributed by atoms with Crippen LogP contribution in [0.5, 0.6) is 6.01 Å². The summed E-state index contributed by atoms with van der Waals surface area (Å²) in [7, 11) is 1.46. The number of ether oxygens (including phenoxy) is 1. The van der Waals surface area contributed by atoms with Crippen LogP contribution in [0.25, 0.3) is 0 Å². The van der Waals surface area contributed by atoms with Gasteiger partial charge < -0.3 is 15.8 Å². The molecular formula is C11H12ClN5O. The van der Waals surface area contributed by atoms with Crippen LogP contribution in [0.4, 0.5) is 17.6 Å².